The largest absolute Gasteiger partial charge is 0.324 e. The van der Waals surface area contributed by atoms with E-state index in [1.54, 1.807) is 6.07 Å². The van der Waals surface area contributed by atoms with Crippen LogP contribution in [-0.2, 0) is 14.8 Å². The zero-order chi connectivity index (χ0) is 19.5. The monoisotopic (exact) mass is 374 g/mol. The lowest BCUT2D eigenvalue weighted by Gasteiger charge is -2.18. The van der Waals surface area contributed by atoms with E-state index in [0.717, 1.165) is 15.4 Å². The summed E-state index contributed by atoms with van der Waals surface area (Å²) >= 11 is 0. The Balaban J connectivity index is 2.18. The summed E-state index contributed by atoms with van der Waals surface area (Å²) in [6, 6.07) is 11.4. The molecule has 0 spiro atoms. The van der Waals surface area contributed by atoms with Crippen molar-refractivity contribution in [2.75, 3.05) is 18.9 Å². The first-order valence-corrected chi connectivity index (χ1v) is 9.50. The first kappa shape index (κ1) is 19.8. The van der Waals surface area contributed by atoms with Crippen molar-refractivity contribution in [1.82, 2.24) is 4.31 Å². The van der Waals surface area contributed by atoms with Gasteiger partial charge in [0.15, 0.2) is 5.78 Å². The van der Waals surface area contributed by atoms with Crippen molar-refractivity contribution in [1.29, 1.82) is 0 Å². The smallest absolute Gasteiger partial charge is 0.243 e. The van der Waals surface area contributed by atoms with E-state index in [1.165, 1.54) is 32.2 Å². The molecule has 1 amide bonds. The summed E-state index contributed by atoms with van der Waals surface area (Å²) in [5.41, 5.74) is 2.79. The topological polar surface area (TPSA) is 83.6 Å². The molecule has 26 heavy (non-hydrogen) atoms. The Kier molecular flexibility index (Phi) is 5.94. The summed E-state index contributed by atoms with van der Waals surface area (Å²) in [7, 11) is -2.55. The molecule has 6 nitrogen and oxygen atoms in total. The van der Waals surface area contributed by atoms with Crippen molar-refractivity contribution < 1.29 is 18.0 Å². The molecule has 138 valence electrons. The molecule has 0 saturated carbocycles. The number of anilines is 1. The highest BCUT2D eigenvalue weighted by Gasteiger charge is 2.24. The van der Waals surface area contributed by atoms with Crippen molar-refractivity contribution in [3.63, 3.8) is 0 Å². The molecule has 7 heteroatoms. The number of rotatable bonds is 6. The number of carbonyl (C=O) groups excluding carboxylic acids is 2. The summed E-state index contributed by atoms with van der Waals surface area (Å²) in [6.45, 7) is 4.78. The molecule has 0 radical (unpaired) electrons. The number of nitrogens with one attached hydrogen (secondary N) is 1. The standard InChI is InChI=1S/C19H22N2O4S/c1-13-7-5-8-14(2)19(13)20-18(23)12-21(4)26(24,25)17-10-6-9-16(11-17)15(3)22/h5-11H,12H2,1-4H3,(H,20,23). The molecule has 2 aromatic carbocycles. The Morgan fingerprint density at radius 3 is 2.19 bits per heavy atom. The van der Waals surface area contributed by atoms with Gasteiger partial charge in [-0.25, -0.2) is 8.42 Å². The number of hydrogen-bond acceptors (Lipinski definition) is 4. The number of sulfonamides is 1. The van der Waals surface area contributed by atoms with E-state index in [1.807, 2.05) is 32.0 Å². The second-order valence-electron chi connectivity index (χ2n) is 6.16. The molecule has 0 aliphatic heterocycles. The van der Waals surface area contributed by atoms with Crippen molar-refractivity contribution in [3.8, 4) is 0 Å². The van der Waals surface area contributed by atoms with Gasteiger partial charge in [-0.2, -0.15) is 4.31 Å². The van der Waals surface area contributed by atoms with Crippen molar-refractivity contribution in [3.05, 3.63) is 59.2 Å². The van der Waals surface area contributed by atoms with Gasteiger partial charge >= 0.3 is 0 Å². The number of nitrogens with zero attached hydrogens (tertiary/aromatic N) is 1. The van der Waals surface area contributed by atoms with E-state index < -0.39 is 15.9 Å². The lowest BCUT2D eigenvalue weighted by Crippen LogP contribution is -2.35. The quantitative estimate of drug-likeness (QED) is 0.788. The number of benzene rings is 2. The van der Waals surface area contributed by atoms with Crippen LogP contribution in [0.4, 0.5) is 5.69 Å². The van der Waals surface area contributed by atoms with Crippen LogP contribution >= 0.6 is 0 Å². The fourth-order valence-corrected chi connectivity index (χ4v) is 3.71. The Bertz CT molecular complexity index is 932. The van der Waals surface area contributed by atoms with Crippen LogP contribution in [0.5, 0.6) is 0 Å². The van der Waals surface area contributed by atoms with Gasteiger partial charge in [-0.1, -0.05) is 30.3 Å². The summed E-state index contributed by atoms with van der Waals surface area (Å²) < 4.78 is 26.3. The van der Waals surface area contributed by atoms with Crippen molar-refractivity contribution >= 4 is 27.4 Å². The fourth-order valence-electron chi connectivity index (χ4n) is 2.53. The van der Waals surface area contributed by atoms with Gasteiger partial charge in [0.25, 0.3) is 0 Å². The number of ketones is 1. The maximum Gasteiger partial charge on any atom is 0.243 e. The van der Waals surface area contributed by atoms with Crippen LogP contribution in [-0.4, -0.2) is 38.0 Å². The van der Waals surface area contributed by atoms with Crippen molar-refractivity contribution in [2.24, 2.45) is 0 Å². The molecule has 0 aromatic heterocycles. The van der Waals surface area contributed by atoms with Gasteiger partial charge in [0, 0.05) is 18.3 Å². The number of aryl methyl sites for hydroxylation is 2. The minimum absolute atomic E-state index is 0.0208. The molecule has 0 atom stereocenters. The van der Waals surface area contributed by atoms with Crippen LogP contribution in [0.25, 0.3) is 0 Å². The SMILES string of the molecule is CC(=O)c1cccc(S(=O)(=O)N(C)CC(=O)Nc2c(C)cccc2C)c1. The van der Waals surface area contributed by atoms with Gasteiger partial charge in [0.1, 0.15) is 0 Å². The van der Waals surface area contributed by atoms with E-state index >= 15 is 0 Å². The summed E-state index contributed by atoms with van der Waals surface area (Å²) in [5.74, 6) is -0.659. The van der Waals surface area contributed by atoms with Crippen LogP contribution in [0.2, 0.25) is 0 Å². The molecule has 1 N–H and O–H groups in total. The highest BCUT2D eigenvalue weighted by molar-refractivity contribution is 7.89. The predicted octanol–water partition coefficient (Wildman–Crippen LogP) is 2.77. The number of Topliss-reactive ketones (excluding diaryl/α,β-unsaturated/α-hetero) is 1. The third-order valence-corrected chi connectivity index (χ3v) is 5.86. The maximum atomic E-state index is 12.7. The molecule has 2 aromatic rings. The Labute approximate surface area is 153 Å². The van der Waals surface area contributed by atoms with Gasteiger partial charge in [-0.15, -0.1) is 0 Å². The first-order valence-electron chi connectivity index (χ1n) is 8.06. The maximum absolute atomic E-state index is 12.7. The van der Waals surface area contributed by atoms with Crippen LogP contribution < -0.4 is 5.32 Å². The van der Waals surface area contributed by atoms with Crippen LogP contribution in [0.15, 0.2) is 47.4 Å². The molecular formula is C19H22N2O4S. The summed E-state index contributed by atoms with van der Waals surface area (Å²) in [5, 5.41) is 2.76. The normalized spacial score (nSPS) is 11.4. The number of amides is 1. The Morgan fingerprint density at radius 2 is 1.62 bits per heavy atom. The number of likely N-dealkylation sites (N-methyl/N-ethyl adjacent to an activating group) is 1. The average molecular weight is 374 g/mol. The van der Waals surface area contributed by atoms with Crippen LogP contribution in [0, 0.1) is 13.8 Å². The van der Waals surface area contributed by atoms with E-state index in [0.29, 0.717) is 11.3 Å². The third-order valence-electron chi connectivity index (χ3n) is 4.06. The molecule has 0 fully saturated rings. The Hall–Kier alpha value is -2.51. The lowest BCUT2D eigenvalue weighted by molar-refractivity contribution is -0.116. The van der Waals surface area contributed by atoms with Gasteiger partial charge in [0.2, 0.25) is 15.9 Å². The molecular weight excluding hydrogens is 352 g/mol. The van der Waals surface area contributed by atoms with Gasteiger partial charge in [-0.3, -0.25) is 9.59 Å². The lowest BCUT2D eigenvalue weighted by atomic mass is 10.1. The van der Waals surface area contributed by atoms with Gasteiger partial charge in [0.05, 0.1) is 11.4 Å². The van der Waals surface area contributed by atoms with Gasteiger partial charge < -0.3 is 5.32 Å². The second kappa shape index (κ2) is 7.80. The van der Waals surface area contributed by atoms with Gasteiger partial charge in [-0.05, 0) is 44.0 Å². The van der Waals surface area contributed by atoms with E-state index in [4.69, 9.17) is 0 Å². The van der Waals surface area contributed by atoms with Crippen molar-refractivity contribution in [2.45, 2.75) is 25.7 Å². The average Bonchev–Trinajstić information content (AvgIpc) is 2.58. The molecule has 0 bridgehead atoms. The highest BCUT2D eigenvalue weighted by Crippen LogP contribution is 2.20. The minimum Gasteiger partial charge on any atom is -0.324 e. The third kappa shape index (κ3) is 4.36. The zero-order valence-electron chi connectivity index (χ0n) is 15.2. The molecule has 0 aliphatic rings. The molecule has 2 rings (SSSR count). The molecule has 0 aliphatic carbocycles. The molecule has 0 unspecified atom stereocenters. The van der Waals surface area contributed by atoms with E-state index in [9.17, 15) is 18.0 Å². The summed E-state index contributed by atoms with van der Waals surface area (Å²) in [4.78, 5) is 23.8. The predicted molar refractivity (Wildman–Crippen MR) is 101 cm³/mol. The second-order valence-corrected chi connectivity index (χ2v) is 8.20. The minimum atomic E-state index is -3.88. The molecule has 0 saturated heterocycles. The molecule has 0 heterocycles. The fraction of sp³-hybridized carbons (Fsp3) is 0.263. The summed E-state index contributed by atoms with van der Waals surface area (Å²) in [6.07, 6.45) is 0. The number of hydrogen-bond donors (Lipinski definition) is 1. The number of para-hydroxylation sites is 1. The van der Waals surface area contributed by atoms with Crippen LogP contribution in [0.3, 0.4) is 0 Å². The van der Waals surface area contributed by atoms with E-state index in [-0.39, 0.29) is 17.2 Å². The first-order chi connectivity index (χ1) is 12.1. The van der Waals surface area contributed by atoms with Crippen LogP contribution in [0.1, 0.15) is 28.4 Å². The number of carbonyl (C=O) groups is 2. The zero-order valence-corrected chi connectivity index (χ0v) is 16.1. The highest BCUT2D eigenvalue weighted by atomic mass is 32.2. The van der Waals surface area contributed by atoms with E-state index in [2.05, 4.69) is 5.32 Å². The Morgan fingerprint density at radius 1 is 1.04 bits per heavy atom.